The molecule has 102 valence electrons. The Morgan fingerprint density at radius 2 is 2.39 bits per heavy atom. The summed E-state index contributed by atoms with van der Waals surface area (Å²) in [6, 6.07) is 4.04. The van der Waals surface area contributed by atoms with Crippen LogP contribution in [0.25, 0.3) is 0 Å². The zero-order valence-corrected chi connectivity index (χ0v) is 11.9. The average Bonchev–Trinajstić information content (AvgIpc) is 2.96. The third kappa shape index (κ3) is 4.68. The summed E-state index contributed by atoms with van der Waals surface area (Å²) in [4.78, 5) is 1.23. The van der Waals surface area contributed by atoms with Gasteiger partial charge in [0.25, 0.3) is 0 Å². The third-order valence-electron chi connectivity index (χ3n) is 2.93. The summed E-state index contributed by atoms with van der Waals surface area (Å²) in [6.45, 7) is 1.96. The van der Waals surface area contributed by atoms with Crippen molar-refractivity contribution >= 4 is 21.2 Å². The summed E-state index contributed by atoms with van der Waals surface area (Å²) >= 11 is 1.68. The van der Waals surface area contributed by atoms with E-state index in [1.807, 2.05) is 17.5 Å². The number of rotatable bonds is 7. The molecule has 4 nitrogen and oxygen atoms in total. The second-order valence-electron chi connectivity index (χ2n) is 4.51. The maximum atomic E-state index is 11.8. The van der Waals surface area contributed by atoms with Gasteiger partial charge in [0.15, 0.2) is 9.84 Å². The summed E-state index contributed by atoms with van der Waals surface area (Å²) in [7, 11) is -2.99. The van der Waals surface area contributed by atoms with Crippen LogP contribution in [0, 0.1) is 0 Å². The highest BCUT2D eigenvalue weighted by atomic mass is 32.2. The van der Waals surface area contributed by atoms with Crippen molar-refractivity contribution < 1.29 is 13.2 Å². The minimum atomic E-state index is -2.99. The van der Waals surface area contributed by atoms with Gasteiger partial charge in [0, 0.05) is 24.6 Å². The summed E-state index contributed by atoms with van der Waals surface area (Å²) < 4.78 is 29.0. The molecule has 1 N–H and O–H groups in total. The van der Waals surface area contributed by atoms with E-state index >= 15 is 0 Å². The van der Waals surface area contributed by atoms with Gasteiger partial charge in [-0.2, -0.15) is 0 Å². The summed E-state index contributed by atoms with van der Waals surface area (Å²) in [5.41, 5.74) is 0. The van der Waals surface area contributed by atoms with Gasteiger partial charge < -0.3 is 10.1 Å². The van der Waals surface area contributed by atoms with Crippen molar-refractivity contribution in [3.63, 3.8) is 0 Å². The molecule has 0 amide bonds. The Bertz CT molecular complexity index is 436. The Morgan fingerprint density at radius 3 is 3.06 bits per heavy atom. The summed E-state index contributed by atoms with van der Waals surface area (Å²) in [6.07, 6.45) is 1.78. The number of hydrogen-bond donors (Lipinski definition) is 1. The molecule has 0 saturated carbocycles. The van der Waals surface area contributed by atoms with Crippen molar-refractivity contribution in [2.75, 3.05) is 24.7 Å². The molecule has 1 aromatic rings. The lowest BCUT2D eigenvalue weighted by Gasteiger charge is -2.10. The van der Waals surface area contributed by atoms with Crippen LogP contribution in [-0.2, 0) is 21.1 Å². The van der Waals surface area contributed by atoms with E-state index in [-0.39, 0.29) is 17.6 Å². The second kappa shape index (κ2) is 6.65. The Kier molecular flexibility index (Phi) is 5.17. The van der Waals surface area contributed by atoms with Gasteiger partial charge in [-0.1, -0.05) is 6.07 Å². The maximum absolute atomic E-state index is 11.8. The monoisotopic (exact) mass is 289 g/mol. The first-order valence-electron chi connectivity index (χ1n) is 6.21. The Labute approximate surface area is 112 Å². The molecule has 0 aromatic carbocycles. The van der Waals surface area contributed by atoms with Gasteiger partial charge >= 0.3 is 0 Å². The molecule has 18 heavy (non-hydrogen) atoms. The number of thiophene rings is 1. The molecule has 1 atom stereocenters. The fraction of sp³-hybridized carbons (Fsp3) is 0.667. The summed E-state index contributed by atoms with van der Waals surface area (Å²) in [5, 5.41) is 5.18. The van der Waals surface area contributed by atoms with Gasteiger partial charge in [0.2, 0.25) is 0 Å². The second-order valence-corrected chi connectivity index (χ2v) is 7.77. The van der Waals surface area contributed by atoms with Crippen molar-refractivity contribution in [2.45, 2.75) is 25.5 Å². The van der Waals surface area contributed by atoms with Gasteiger partial charge in [0.1, 0.15) is 0 Å². The van der Waals surface area contributed by atoms with Crippen LogP contribution in [-0.4, -0.2) is 39.2 Å². The fourth-order valence-corrected chi connectivity index (χ4v) is 4.12. The van der Waals surface area contributed by atoms with E-state index in [2.05, 4.69) is 5.32 Å². The van der Waals surface area contributed by atoms with Crippen LogP contribution in [0.2, 0.25) is 0 Å². The van der Waals surface area contributed by atoms with Crippen LogP contribution >= 0.6 is 11.3 Å². The molecule has 2 rings (SSSR count). The standard InChI is InChI=1S/C12H19NO3S2/c14-18(15,10-11-3-1-6-16-11)8-5-13-9-12-4-2-7-17-12/h2,4,7,11,13H,1,3,5-6,8-10H2. The Morgan fingerprint density at radius 1 is 1.50 bits per heavy atom. The minimum absolute atomic E-state index is 0.0766. The fourth-order valence-electron chi connectivity index (χ4n) is 1.99. The first kappa shape index (κ1) is 14.0. The molecule has 1 saturated heterocycles. The Balaban J connectivity index is 1.65. The van der Waals surface area contributed by atoms with Gasteiger partial charge in [-0.3, -0.25) is 0 Å². The predicted molar refractivity (Wildman–Crippen MR) is 73.7 cm³/mol. The van der Waals surface area contributed by atoms with Gasteiger partial charge in [-0.25, -0.2) is 8.42 Å². The van der Waals surface area contributed by atoms with E-state index in [0.717, 1.165) is 19.4 Å². The lowest BCUT2D eigenvalue weighted by Crippen LogP contribution is -2.28. The molecule has 0 bridgehead atoms. The maximum Gasteiger partial charge on any atom is 0.154 e. The molecule has 2 heterocycles. The molecular formula is C12H19NO3S2. The van der Waals surface area contributed by atoms with E-state index < -0.39 is 9.84 Å². The number of ether oxygens (including phenoxy) is 1. The number of hydrogen-bond acceptors (Lipinski definition) is 5. The van der Waals surface area contributed by atoms with E-state index in [0.29, 0.717) is 13.2 Å². The van der Waals surface area contributed by atoms with Crippen LogP contribution in [0.3, 0.4) is 0 Å². The predicted octanol–water partition coefficient (Wildman–Crippen LogP) is 1.43. The zero-order chi connectivity index (χ0) is 12.8. The van der Waals surface area contributed by atoms with E-state index in [9.17, 15) is 8.42 Å². The van der Waals surface area contributed by atoms with Crippen molar-refractivity contribution in [1.29, 1.82) is 0 Å². The summed E-state index contributed by atoms with van der Waals surface area (Å²) in [5.74, 6) is 0.367. The molecule has 0 radical (unpaired) electrons. The lowest BCUT2D eigenvalue weighted by atomic mass is 10.3. The number of sulfone groups is 1. The Hall–Kier alpha value is -0.430. The first-order chi connectivity index (χ1) is 8.66. The average molecular weight is 289 g/mol. The third-order valence-corrected chi connectivity index (χ3v) is 5.52. The van der Waals surface area contributed by atoms with Crippen LogP contribution < -0.4 is 5.32 Å². The van der Waals surface area contributed by atoms with Gasteiger partial charge in [-0.15, -0.1) is 11.3 Å². The van der Waals surface area contributed by atoms with E-state index in [1.54, 1.807) is 11.3 Å². The molecule has 6 heteroatoms. The lowest BCUT2D eigenvalue weighted by molar-refractivity contribution is 0.127. The molecule has 1 fully saturated rings. The quantitative estimate of drug-likeness (QED) is 0.772. The molecule has 0 aliphatic carbocycles. The normalized spacial score (nSPS) is 20.3. The van der Waals surface area contributed by atoms with Crippen LogP contribution in [0.15, 0.2) is 17.5 Å². The molecular weight excluding hydrogens is 270 g/mol. The molecule has 1 aromatic heterocycles. The van der Waals surface area contributed by atoms with Crippen molar-refractivity contribution in [3.8, 4) is 0 Å². The molecule has 0 spiro atoms. The first-order valence-corrected chi connectivity index (χ1v) is 8.91. The van der Waals surface area contributed by atoms with Crippen LogP contribution in [0.5, 0.6) is 0 Å². The smallest absolute Gasteiger partial charge is 0.154 e. The molecule has 1 aliphatic rings. The van der Waals surface area contributed by atoms with Gasteiger partial charge in [-0.05, 0) is 24.3 Å². The molecule has 1 unspecified atom stereocenters. The van der Waals surface area contributed by atoms with Crippen molar-refractivity contribution in [1.82, 2.24) is 5.32 Å². The number of nitrogens with one attached hydrogen (secondary N) is 1. The SMILES string of the molecule is O=S(=O)(CCNCc1cccs1)CC1CCCO1. The van der Waals surface area contributed by atoms with Crippen molar-refractivity contribution in [2.24, 2.45) is 0 Å². The van der Waals surface area contributed by atoms with E-state index in [4.69, 9.17) is 4.74 Å². The largest absolute Gasteiger partial charge is 0.377 e. The van der Waals surface area contributed by atoms with Crippen LogP contribution in [0.4, 0.5) is 0 Å². The van der Waals surface area contributed by atoms with Crippen molar-refractivity contribution in [3.05, 3.63) is 22.4 Å². The minimum Gasteiger partial charge on any atom is -0.377 e. The van der Waals surface area contributed by atoms with Crippen LogP contribution in [0.1, 0.15) is 17.7 Å². The van der Waals surface area contributed by atoms with Gasteiger partial charge in [0.05, 0.1) is 17.6 Å². The zero-order valence-electron chi connectivity index (χ0n) is 10.3. The van der Waals surface area contributed by atoms with E-state index in [1.165, 1.54) is 4.88 Å². The highest BCUT2D eigenvalue weighted by Gasteiger charge is 2.22. The topological polar surface area (TPSA) is 55.4 Å². The highest BCUT2D eigenvalue weighted by Crippen LogP contribution is 2.14. The highest BCUT2D eigenvalue weighted by molar-refractivity contribution is 7.91. The molecule has 1 aliphatic heterocycles.